The minimum atomic E-state index is -0.721. The number of hydrogen-bond acceptors (Lipinski definition) is 2. The van der Waals surface area contributed by atoms with Crippen LogP contribution >= 0.6 is 23.2 Å². The van der Waals surface area contributed by atoms with Crippen LogP contribution in [0.3, 0.4) is 0 Å². The first kappa shape index (κ1) is 17.2. The minimum Gasteiger partial charge on any atom is -0.273 e. The second-order valence-electron chi connectivity index (χ2n) is 4.72. The summed E-state index contributed by atoms with van der Waals surface area (Å²) in [5, 5.41) is 0.987. The number of nitrogens with one attached hydrogen (secondary N) is 2. The summed E-state index contributed by atoms with van der Waals surface area (Å²) in [4.78, 5) is 23.5. The fraction of sp³-hybridized carbons (Fsp3) is 0.125. The van der Waals surface area contributed by atoms with Gasteiger partial charge in [0.25, 0.3) is 5.91 Å². The molecule has 0 aromatic heterocycles. The molecule has 2 aromatic carbocycles. The molecule has 2 rings (SSSR count). The van der Waals surface area contributed by atoms with Crippen LogP contribution in [0.5, 0.6) is 0 Å². The van der Waals surface area contributed by atoms with E-state index in [9.17, 15) is 14.0 Å². The molecule has 0 fully saturated rings. The molecule has 0 aliphatic carbocycles. The lowest BCUT2D eigenvalue weighted by Gasteiger charge is -2.08. The zero-order chi connectivity index (χ0) is 16.8. The van der Waals surface area contributed by atoms with Crippen LogP contribution in [0.2, 0.25) is 10.0 Å². The highest BCUT2D eigenvalue weighted by atomic mass is 35.5. The van der Waals surface area contributed by atoms with Gasteiger partial charge in [-0.15, -0.1) is 0 Å². The van der Waals surface area contributed by atoms with E-state index in [4.69, 9.17) is 23.2 Å². The van der Waals surface area contributed by atoms with E-state index in [1.54, 1.807) is 18.2 Å². The van der Waals surface area contributed by atoms with E-state index >= 15 is 0 Å². The maximum Gasteiger partial charge on any atom is 0.272 e. The van der Waals surface area contributed by atoms with Gasteiger partial charge in [0.2, 0.25) is 5.91 Å². The Bertz CT molecular complexity index is 738. The second kappa shape index (κ2) is 7.94. The molecule has 0 spiro atoms. The van der Waals surface area contributed by atoms with Crippen LogP contribution in [0.4, 0.5) is 4.39 Å². The maximum atomic E-state index is 13.4. The molecule has 0 saturated carbocycles. The number of aryl methyl sites for hydroxylation is 1. The van der Waals surface area contributed by atoms with Crippen molar-refractivity contribution in [3.8, 4) is 0 Å². The van der Waals surface area contributed by atoms with Gasteiger partial charge in [-0.25, -0.2) is 4.39 Å². The summed E-state index contributed by atoms with van der Waals surface area (Å²) in [5.74, 6) is -1.80. The Morgan fingerprint density at radius 3 is 2.48 bits per heavy atom. The van der Waals surface area contributed by atoms with Crippen molar-refractivity contribution in [2.75, 3.05) is 0 Å². The standard InChI is InChI=1S/C16H13Cl2FN2O2/c17-11-7-5-10(13(18)9-11)6-8-15(22)20-21-16(23)12-3-1-2-4-14(12)19/h1-5,7,9H,6,8H2,(H,20,22)(H,21,23). The van der Waals surface area contributed by atoms with Gasteiger partial charge in [-0.3, -0.25) is 20.4 Å². The quantitative estimate of drug-likeness (QED) is 0.825. The fourth-order valence-electron chi connectivity index (χ4n) is 1.87. The number of hydrazine groups is 1. The lowest BCUT2D eigenvalue weighted by Crippen LogP contribution is -2.42. The smallest absolute Gasteiger partial charge is 0.272 e. The molecule has 0 aliphatic rings. The number of benzene rings is 2. The molecule has 120 valence electrons. The summed E-state index contributed by atoms with van der Waals surface area (Å²) in [6, 6.07) is 10.5. The van der Waals surface area contributed by atoms with E-state index in [1.807, 2.05) is 0 Å². The third-order valence-electron chi connectivity index (χ3n) is 3.07. The van der Waals surface area contributed by atoms with Crippen LogP contribution in [0, 0.1) is 5.82 Å². The first-order chi connectivity index (χ1) is 11.0. The number of carbonyl (C=O) groups excluding carboxylic acids is 2. The van der Waals surface area contributed by atoms with E-state index in [2.05, 4.69) is 10.9 Å². The summed E-state index contributed by atoms with van der Waals surface area (Å²) in [6.07, 6.45) is 0.496. The van der Waals surface area contributed by atoms with E-state index in [-0.39, 0.29) is 12.0 Å². The molecular formula is C16H13Cl2FN2O2. The molecule has 0 unspecified atom stereocenters. The molecular weight excluding hydrogens is 342 g/mol. The monoisotopic (exact) mass is 354 g/mol. The van der Waals surface area contributed by atoms with Crippen molar-refractivity contribution in [3.63, 3.8) is 0 Å². The lowest BCUT2D eigenvalue weighted by molar-refractivity contribution is -0.121. The van der Waals surface area contributed by atoms with Crippen molar-refractivity contribution >= 4 is 35.0 Å². The van der Waals surface area contributed by atoms with Crippen LogP contribution in [0.15, 0.2) is 42.5 Å². The third kappa shape index (κ3) is 4.94. The number of rotatable bonds is 4. The maximum absolute atomic E-state index is 13.4. The van der Waals surface area contributed by atoms with E-state index in [0.717, 1.165) is 5.56 Å². The average Bonchev–Trinajstić information content (AvgIpc) is 2.52. The Morgan fingerprint density at radius 2 is 1.78 bits per heavy atom. The van der Waals surface area contributed by atoms with Crippen LogP contribution in [0.25, 0.3) is 0 Å². The van der Waals surface area contributed by atoms with Gasteiger partial charge in [-0.2, -0.15) is 0 Å². The Balaban J connectivity index is 1.83. The lowest BCUT2D eigenvalue weighted by atomic mass is 10.1. The highest BCUT2D eigenvalue weighted by Crippen LogP contribution is 2.21. The Kier molecular flexibility index (Phi) is 5.96. The van der Waals surface area contributed by atoms with Crippen molar-refractivity contribution in [3.05, 3.63) is 69.5 Å². The molecule has 0 atom stereocenters. The topological polar surface area (TPSA) is 58.2 Å². The number of halogens is 3. The average molecular weight is 355 g/mol. The number of carbonyl (C=O) groups is 2. The normalized spacial score (nSPS) is 10.2. The molecule has 2 aromatic rings. The molecule has 0 heterocycles. The van der Waals surface area contributed by atoms with E-state index in [0.29, 0.717) is 16.5 Å². The highest BCUT2D eigenvalue weighted by molar-refractivity contribution is 6.35. The van der Waals surface area contributed by atoms with Crippen molar-refractivity contribution in [2.24, 2.45) is 0 Å². The summed E-state index contributed by atoms with van der Waals surface area (Å²) in [7, 11) is 0. The first-order valence-electron chi connectivity index (χ1n) is 6.75. The van der Waals surface area contributed by atoms with Crippen LogP contribution in [-0.2, 0) is 11.2 Å². The van der Waals surface area contributed by atoms with Gasteiger partial charge in [-0.05, 0) is 36.2 Å². The second-order valence-corrected chi connectivity index (χ2v) is 5.56. The van der Waals surface area contributed by atoms with Crippen LogP contribution in [0.1, 0.15) is 22.3 Å². The SMILES string of the molecule is O=C(CCc1ccc(Cl)cc1Cl)NNC(=O)c1ccccc1F. The van der Waals surface area contributed by atoms with Crippen molar-refractivity contribution in [2.45, 2.75) is 12.8 Å². The fourth-order valence-corrected chi connectivity index (χ4v) is 2.38. The van der Waals surface area contributed by atoms with Crippen molar-refractivity contribution < 1.29 is 14.0 Å². The Hall–Kier alpha value is -2.11. The molecule has 0 bridgehead atoms. The van der Waals surface area contributed by atoms with Crippen LogP contribution < -0.4 is 10.9 Å². The summed E-state index contributed by atoms with van der Waals surface area (Å²) in [5.41, 5.74) is 5.03. The van der Waals surface area contributed by atoms with E-state index < -0.39 is 17.6 Å². The summed E-state index contributed by atoms with van der Waals surface area (Å²) < 4.78 is 13.4. The third-order valence-corrected chi connectivity index (χ3v) is 3.66. The van der Waals surface area contributed by atoms with Gasteiger partial charge in [-0.1, -0.05) is 41.4 Å². The predicted octanol–water partition coefficient (Wildman–Crippen LogP) is 3.53. The van der Waals surface area contributed by atoms with Gasteiger partial charge in [0.1, 0.15) is 5.82 Å². The van der Waals surface area contributed by atoms with E-state index in [1.165, 1.54) is 24.3 Å². The minimum absolute atomic E-state index is 0.110. The number of hydrogen-bond donors (Lipinski definition) is 2. The first-order valence-corrected chi connectivity index (χ1v) is 7.50. The molecule has 4 nitrogen and oxygen atoms in total. The summed E-state index contributed by atoms with van der Waals surface area (Å²) >= 11 is 11.8. The molecule has 0 aliphatic heterocycles. The van der Waals surface area contributed by atoms with Crippen LogP contribution in [-0.4, -0.2) is 11.8 Å². The van der Waals surface area contributed by atoms with Gasteiger partial charge in [0.15, 0.2) is 0 Å². The summed E-state index contributed by atoms with van der Waals surface area (Å²) in [6.45, 7) is 0. The van der Waals surface area contributed by atoms with Gasteiger partial charge in [0.05, 0.1) is 5.56 Å². The van der Waals surface area contributed by atoms with Gasteiger partial charge < -0.3 is 0 Å². The molecule has 7 heteroatoms. The molecule has 0 saturated heterocycles. The zero-order valence-electron chi connectivity index (χ0n) is 11.9. The Labute approximate surface area is 142 Å². The molecule has 2 N–H and O–H groups in total. The van der Waals surface area contributed by atoms with Crippen molar-refractivity contribution in [1.29, 1.82) is 0 Å². The van der Waals surface area contributed by atoms with Crippen molar-refractivity contribution in [1.82, 2.24) is 10.9 Å². The molecule has 23 heavy (non-hydrogen) atoms. The van der Waals surface area contributed by atoms with Gasteiger partial charge >= 0.3 is 0 Å². The zero-order valence-corrected chi connectivity index (χ0v) is 13.4. The van der Waals surface area contributed by atoms with Gasteiger partial charge in [0, 0.05) is 16.5 Å². The molecule has 2 amide bonds. The highest BCUT2D eigenvalue weighted by Gasteiger charge is 2.12. The Morgan fingerprint density at radius 1 is 1.04 bits per heavy atom. The molecule has 0 radical (unpaired) electrons. The number of amides is 2. The largest absolute Gasteiger partial charge is 0.273 e. The predicted molar refractivity (Wildman–Crippen MR) is 86.8 cm³/mol.